The molecule has 1 aliphatic heterocycles. The highest BCUT2D eigenvalue weighted by molar-refractivity contribution is 5.97. The summed E-state index contributed by atoms with van der Waals surface area (Å²) in [5.41, 5.74) is 4.24. The van der Waals surface area contributed by atoms with E-state index in [-0.39, 0.29) is 11.8 Å². The minimum absolute atomic E-state index is 0.160. The van der Waals surface area contributed by atoms with Crippen molar-refractivity contribution in [3.8, 4) is 6.07 Å². The summed E-state index contributed by atoms with van der Waals surface area (Å²) >= 11 is 0. The number of nitrogens with one attached hydrogen (secondary N) is 1. The van der Waals surface area contributed by atoms with E-state index in [2.05, 4.69) is 26.6 Å². The topological polar surface area (TPSA) is 104 Å². The number of nitrogens with zero attached hydrogens (tertiary/aromatic N) is 5. The van der Waals surface area contributed by atoms with Crippen LogP contribution in [0.3, 0.4) is 0 Å². The van der Waals surface area contributed by atoms with Crippen LogP contribution in [0.2, 0.25) is 0 Å². The molecule has 3 aromatic rings. The fourth-order valence-corrected chi connectivity index (χ4v) is 3.77. The third kappa shape index (κ3) is 1.77. The van der Waals surface area contributed by atoms with Crippen molar-refractivity contribution in [3.63, 3.8) is 0 Å². The molecule has 118 valence electrons. The molecular weight excluding hydrogens is 304 g/mol. The summed E-state index contributed by atoms with van der Waals surface area (Å²) in [6.07, 6.45) is 5.16. The molecule has 5 rings (SSSR count). The van der Waals surface area contributed by atoms with Crippen molar-refractivity contribution in [3.05, 3.63) is 35.5 Å². The minimum Gasteiger partial charge on any atom is -0.261 e. The summed E-state index contributed by atoms with van der Waals surface area (Å²) in [5.74, 6) is 0.667. The molecule has 0 amide bonds. The highest BCUT2D eigenvalue weighted by Crippen LogP contribution is 2.46. The predicted octanol–water partition coefficient (Wildman–Crippen LogP) is 3.10. The van der Waals surface area contributed by atoms with Crippen LogP contribution in [-0.4, -0.2) is 26.2 Å². The summed E-state index contributed by atoms with van der Waals surface area (Å²) in [7, 11) is 0. The Kier molecular flexibility index (Phi) is 2.80. The number of aromatic nitrogens is 4. The largest absolute Gasteiger partial charge is 0.261 e. The highest BCUT2D eigenvalue weighted by Gasteiger charge is 2.41. The van der Waals surface area contributed by atoms with Crippen molar-refractivity contribution in [2.75, 3.05) is 0 Å². The molecule has 1 aliphatic carbocycles. The third-order valence-electron chi connectivity index (χ3n) is 5.19. The Balaban J connectivity index is 1.73. The molecule has 1 saturated carbocycles. The van der Waals surface area contributed by atoms with Gasteiger partial charge in [0.15, 0.2) is 5.82 Å². The van der Waals surface area contributed by atoms with Crippen LogP contribution < -0.4 is 0 Å². The third-order valence-corrected chi connectivity index (χ3v) is 5.19. The molecule has 7 nitrogen and oxygen atoms in total. The second-order valence-electron chi connectivity index (χ2n) is 6.40. The smallest absolute Gasteiger partial charge is 0.151 e. The lowest BCUT2D eigenvalue weighted by Crippen LogP contribution is -2.34. The zero-order valence-electron chi connectivity index (χ0n) is 12.8. The number of aromatic amines is 1. The lowest BCUT2D eigenvalue weighted by atomic mass is 9.69. The molecule has 1 aromatic carbocycles. The van der Waals surface area contributed by atoms with Gasteiger partial charge in [0.05, 0.1) is 18.2 Å². The van der Waals surface area contributed by atoms with Crippen LogP contribution in [0.15, 0.2) is 34.0 Å². The average Bonchev–Trinajstić information content (AvgIpc) is 3.20. The molecule has 7 heteroatoms. The van der Waals surface area contributed by atoms with Crippen LogP contribution in [0, 0.1) is 23.2 Å². The Hall–Kier alpha value is -3.01. The van der Waals surface area contributed by atoms with Crippen molar-refractivity contribution in [2.45, 2.75) is 25.2 Å². The van der Waals surface area contributed by atoms with Gasteiger partial charge in [0.25, 0.3) is 0 Å². The molecule has 2 unspecified atom stereocenters. The number of fused-ring (bicyclic) bond motifs is 2. The molecule has 24 heavy (non-hydrogen) atoms. The standard InChI is InChI=1S/C17H14N6O/c18-7-11-14(10-5-2-6-13-16(10)23-24-22-13)12-8-19-21-17(12)20-15(11)9-3-1-4-9/h2,5-6,8-9,11,14H,1,3-4H2,(H,19,21). The normalized spacial score (nSPS) is 23.4. The lowest BCUT2D eigenvalue weighted by molar-refractivity contribution is 0.315. The molecular formula is C17H14N6O. The maximum Gasteiger partial charge on any atom is 0.151 e. The molecule has 0 spiro atoms. The summed E-state index contributed by atoms with van der Waals surface area (Å²) in [5, 5.41) is 25.0. The Labute approximate surface area is 137 Å². The van der Waals surface area contributed by atoms with Gasteiger partial charge in [0.1, 0.15) is 11.0 Å². The van der Waals surface area contributed by atoms with Crippen molar-refractivity contribution in [2.24, 2.45) is 16.8 Å². The maximum atomic E-state index is 9.93. The van der Waals surface area contributed by atoms with Crippen LogP contribution in [0.4, 0.5) is 5.82 Å². The predicted molar refractivity (Wildman–Crippen MR) is 85.8 cm³/mol. The number of H-pyrrole nitrogens is 1. The molecule has 2 atom stereocenters. The maximum absolute atomic E-state index is 9.93. The van der Waals surface area contributed by atoms with E-state index in [0.717, 1.165) is 35.5 Å². The summed E-state index contributed by atoms with van der Waals surface area (Å²) in [6.45, 7) is 0. The Bertz CT molecular complexity index is 990. The van der Waals surface area contributed by atoms with Crippen LogP contribution in [0.5, 0.6) is 0 Å². The van der Waals surface area contributed by atoms with Gasteiger partial charge >= 0.3 is 0 Å². The number of rotatable bonds is 2. The fraction of sp³-hybridized carbons (Fsp3) is 0.353. The summed E-state index contributed by atoms with van der Waals surface area (Å²) in [6, 6.07) is 8.26. The first kappa shape index (κ1) is 13.4. The number of aliphatic imine (C=N–C) groups is 1. The Morgan fingerprint density at radius 1 is 1.21 bits per heavy atom. The van der Waals surface area contributed by atoms with Gasteiger partial charge in [-0.25, -0.2) is 9.62 Å². The first-order chi connectivity index (χ1) is 11.9. The van der Waals surface area contributed by atoms with Crippen molar-refractivity contribution < 1.29 is 4.63 Å². The first-order valence-electron chi connectivity index (χ1n) is 8.09. The van der Waals surface area contributed by atoms with Crippen molar-refractivity contribution in [1.82, 2.24) is 20.5 Å². The average molecular weight is 318 g/mol. The van der Waals surface area contributed by atoms with Crippen molar-refractivity contribution in [1.29, 1.82) is 5.26 Å². The van der Waals surface area contributed by atoms with Gasteiger partial charge in [-0.15, -0.1) is 0 Å². The molecule has 2 aromatic heterocycles. The van der Waals surface area contributed by atoms with Gasteiger partial charge in [-0.3, -0.25) is 5.10 Å². The molecule has 2 aliphatic rings. The van der Waals surface area contributed by atoms with Gasteiger partial charge < -0.3 is 0 Å². The van der Waals surface area contributed by atoms with Crippen molar-refractivity contribution >= 4 is 22.6 Å². The first-order valence-corrected chi connectivity index (χ1v) is 8.09. The number of benzene rings is 1. The molecule has 0 bridgehead atoms. The van der Waals surface area contributed by atoms with E-state index >= 15 is 0 Å². The molecule has 0 saturated heterocycles. The van der Waals surface area contributed by atoms with Gasteiger partial charge in [-0.2, -0.15) is 10.4 Å². The van der Waals surface area contributed by atoms with E-state index in [1.54, 1.807) is 6.20 Å². The molecule has 1 N–H and O–H groups in total. The van der Waals surface area contributed by atoms with Crippen LogP contribution in [0.25, 0.3) is 11.0 Å². The molecule has 3 heterocycles. The number of hydrogen-bond donors (Lipinski definition) is 1. The lowest BCUT2D eigenvalue weighted by Gasteiger charge is -2.35. The van der Waals surface area contributed by atoms with Crippen LogP contribution in [0.1, 0.15) is 36.3 Å². The fourth-order valence-electron chi connectivity index (χ4n) is 3.77. The number of hydrogen-bond acceptors (Lipinski definition) is 6. The monoisotopic (exact) mass is 318 g/mol. The second kappa shape index (κ2) is 4.99. The van der Waals surface area contributed by atoms with E-state index in [1.165, 1.54) is 6.42 Å². The quantitative estimate of drug-likeness (QED) is 0.781. The zero-order chi connectivity index (χ0) is 16.1. The van der Waals surface area contributed by atoms with Gasteiger partial charge in [-0.05, 0) is 40.7 Å². The van der Waals surface area contributed by atoms with E-state index in [4.69, 9.17) is 9.62 Å². The SMILES string of the molecule is N#CC1C(C2CCC2)=Nc2[nH]ncc2C1c1cccc2nonc12. The van der Waals surface area contributed by atoms with Gasteiger partial charge in [0, 0.05) is 17.2 Å². The van der Waals surface area contributed by atoms with Gasteiger partial charge in [-0.1, -0.05) is 18.6 Å². The minimum atomic E-state index is -0.317. The van der Waals surface area contributed by atoms with Crippen LogP contribution >= 0.6 is 0 Å². The molecule has 0 radical (unpaired) electrons. The highest BCUT2D eigenvalue weighted by atomic mass is 16.6. The van der Waals surface area contributed by atoms with E-state index < -0.39 is 0 Å². The Morgan fingerprint density at radius 2 is 2.12 bits per heavy atom. The van der Waals surface area contributed by atoms with E-state index in [9.17, 15) is 5.26 Å². The van der Waals surface area contributed by atoms with Gasteiger partial charge in [0.2, 0.25) is 0 Å². The summed E-state index contributed by atoms with van der Waals surface area (Å²) < 4.78 is 4.90. The Morgan fingerprint density at radius 3 is 2.92 bits per heavy atom. The van der Waals surface area contributed by atoms with E-state index in [1.807, 2.05) is 18.2 Å². The molecule has 1 fully saturated rings. The zero-order valence-corrected chi connectivity index (χ0v) is 12.8. The second-order valence-corrected chi connectivity index (χ2v) is 6.40. The van der Waals surface area contributed by atoms with Crippen LogP contribution in [-0.2, 0) is 0 Å². The number of nitriles is 1. The van der Waals surface area contributed by atoms with E-state index in [0.29, 0.717) is 17.0 Å². The summed E-state index contributed by atoms with van der Waals surface area (Å²) in [4.78, 5) is 4.74.